The summed E-state index contributed by atoms with van der Waals surface area (Å²) in [5.41, 5.74) is 6.21. The SMILES string of the molecule is NC(=O)COc1ccc(NC(=O)c2csc(Br)c2)cc1. The summed E-state index contributed by atoms with van der Waals surface area (Å²) in [6.45, 7) is -0.172. The molecule has 1 aromatic carbocycles. The predicted octanol–water partition coefficient (Wildman–Crippen LogP) is 2.63. The highest BCUT2D eigenvalue weighted by molar-refractivity contribution is 9.11. The Morgan fingerprint density at radius 1 is 1.30 bits per heavy atom. The van der Waals surface area contributed by atoms with Crippen LogP contribution in [-0.2, 0) is 4.79 Å². The molecule has 0 unspecified atom stereocenters. The van der Waals surface area contributed by atoms with E-state index in [1.54, 1.807) is 35.7 Å². The molecule has 0 saturated heterocycles. The lowest BCUT2D eigenvalue weighted by atomic mass is 10.2. The van der Waals surface area contributed by atoms with Crippen molar-refractivity contribution in [1.82, 2.24) is 0 Å². The first-order chi connectivity index (χ1) is 9.54. The zero-order chi connectivity index (χ0) is 14.5. The fourth-order valence-electron chi connectivity index (χ4n) is 1.42. The number of amides is 2. The van der Waals surface area contributed by atoms with Gasteiger partial charge in [0.25, 0.3) is 11.8 Å². The topological polar surface area (TPSA) is 81.4 Å². The van der Waals surface area contributed by atoms with Gasteiger partial charge in [-0.3, -0.25) is 9.59 Å². The molecule has 2 aromatic rings. The van der Waals surface area contributed by atoms with Crippen molar-refractivity contribution < 1.29 is 14.3 Å². The molecule has 0 spiro atoms. The molecule has 7 heteroatoms. The summed E-state index contributed by atoms with van der Waals surface area (Å²) in [5.74, 6) is -0.205. The maximum Gasteiger partial charge on any atom is 0.256 e. The van der Waals surface area contributed by atoms with Crippen LogP contribution in [0.2, 0.25) is 0 Å². The zero-order valence-electron chi connectivity index (χ0n) is 10.3. The van der Waals surface area contributed by atoms with Crippen molar-refractivity contribution in [2.45, 2.75) is 0 Å². The number of nitrogens with one attached hydrogen (secondary N) is 1. The van der Waals surface area contributed by atoms with Crippen LogP contribution in [0.3, 0.4) is 0 Å². The molecule has 0 radical (unpaired) electrons. The molecule has 2 rings (SSSR count). The van der Waals surface area contributed by atoms with E-state index in [9.17, 15) is 9.59 Å². The predicted molar refractivity (Wildman–Crippen MR) is 81.1 cm³/mol. The lowest BCUT2D eigenvalue weighted by molar-refractivity contribution is -0.119. The number of thiophene rings is 1. The second-order valence-corrected chi connectivity index (χ2v) is 6.16. The van der Waals surface area contributed by atoms with E-state index in [1.165, 1.54) is 11.3 Å². The molecule has 3 N–H and O–H groups in total. The van der Waals surface area contributed by atoms with E-state index in [-0.39, 0.29) is 12.5 Å². The Hall–Kier alpha value is -1.86. The van der Waals surface area contributed by atoms with E-state index >= 15 is 0 Å². The molecule has 0 saturated carbocycles. The van der Waals surface area contributed by atoms with Crippen LogP contribution in [0.4, 0.5) is 5.69 Å². The highest BCUT2D eigenvalue weighted by Gasteiger charge is 2.08. The largest absolute Gasteiger partial charge is 0.484 e. The minimum Gasteiger partial charge on any atom is -0.484 e. The minimum absolute atomic E-state index is 0.172. The third kappa shape index (κ3) is 4.07. The Balaban J connectivity index is 1.96. The van der Waals surface area contributed by atoms with Gasteiger partial charge < -0.3 is 15.8 Å². The first-order valence-corrected chi connectivity index (χ1v) is 7.28. The van der Waals surface area contributed by atoms with Crippen LogP contribution in [0, 0.1) is 0 Å². The molecule has 0 aliphatic heterocycles. The Bertz CT molecular complexity index is 625. The van der Waals surface area contributed by atoms with Crippen LogP contribution in [0.5, 0.6) is 5.75 Å². The number of nitrogens with two attached hydrogens (primary N) is 1. The van der Waals surface area contributed by atoms with Crippen LogP contribution in [0.15, 0.2) is 39.5 Å². The number of primary amides is 1. The van der Waals surface area contributed by atoms with E-state index in [0.29, 0.717) is 17.0 Å². The van der Waals surface area contributed by atoms with Gasteiger partial charge in [-0.2, -0.15) is 0 Å². The van der Waals surface area contributed by atoms with Crippen LogP contribution in [0.1, 0.15) is 10.4 Å². The van der Waals surface area contributed by atoms with Crippen molar-refractivity contribution in [2.24, 2.45) is 5.73 Å². The smallest absolute Gasteiger partial charge is 0.256 e. The number of carbonyl (C=O) groups is 2. The van der Waals surface area contributed by atoms with Crippen molar-refractivity contribution in [3.05, 3.63) is 45.1 Å². The number of carbonyl (C=O) groups excluding carboxylic acids is 2. The van der Waals surface area contributed by atoms with Gasteiger partial charge >= 0.3 is 0 Å². The molecule has 20 heavy (non-hydrogen) atoms. The molecular formula is C13H11BrN2O3S. The van der Waals surface area contributed by atoms with Crippen LogP contribution in [0.25, 0.3) is 0 Å². The summed E-state index contributed by atoms with van der Waals surface area (Å²) in [6, 6.07) is 8.44. The molecule has 0 aliphatic carbocycles. The van der Waals surface area contributed by atoms with Gasteiger partial charge in [-0.15, -0.1) is 11.3 Å². The number of halogens is 1. The number of rotatable bonds is 5. The van der Waals surface area contributed by atoms with Crippen molar-refractivity contribution >= 4 is 44.8 Å². The molecule has 104 valence electrons. The first kappa shape index (κ1) is 14.5. The van der Waals surface area contributed by atoms with Crippen LogP contribution < -0.4 is 15.8 Å². The van der Waals surface area contributed by atoms with Crippen molar-refractivity contribution in [2.75, 3.05) is 11.9 Å². The zero-order valence-corrected chi connectivity index (χ0v) is 12.7. The fraction of sp³-hybridized carbons (Fsp3) is 0.0769. The van der Waals surface area contributed by atoms with E-state index in [2.05, 4.69) is 21.2 Å². The summed E-state index contributed by atoms with van der Waals surface area (Å²) >= 11 is 4.76. The summed E-state index contributed by atoms with van der Waals surface area (Å²) in [5, 5.41) is 4.53. The second-order valence-electron chi connectivity index (χ2n) is 3.87. The molecule has 5 nitrogen and oxygen atoms in total. The maximum absolute atomic E-state index is 11.9. The number of hydrogen-bond acceptors (Lipinski definition) is 4. The Kier molecular flexibility index (Phi) is 4.75. The summed E-state index contributed by atoms with van der Waals surface area (Å²) in [6.07, 6.45) is 0. The number of hydrogen-bond donors (Lipinski definition) is 2. The molecule has 0 atom stereocenters. The normalized spacial score (nSPS) is 10.1. The van der Waals surface area contributed by atoms with Crippen LogP contribution >= 0.6 is 27.3 Å². The standard InChI is InChI=1S/C13H11BrN2O3S/c14-11-5-8(7-20-11)13(18)16-9-1-3-10(4-2-9)19-6-12(15)17/h1-5,7H,6H2,(H2,15,17)(H,16,18). The third-order valence-electron chi connectivity index (χ3n) is 2.32. The Morgan fingerprint density at radius 2 is 2.00 bits per heavy atom. The second kappa shape index (κ2) is 6.53. The van der Waals surface area contributed by atoms with Gasteiger partial charge in [0.15, 0.2) is 6.61 Å². The summed E-state index contributed by atoms with van der Waals surface area (Å²) in [4.78, 5) is 22.5. The van der Waals surface area contributed by atoms with E-state index in [0.717, 1.165) is 3.79 Å². The number of benzene rings is 1. The average molecular weight is 355 g/mol. The average Bonchev–Trinajstić information content (AvgIpc) is 2.85. The highest BCUT2D eigenvalue weighted by Crippen LogP contribution is 2.22. The lowest BCUT2D eigenvalue weighted by Gasteiger charge is -2.06. The van der Waals surface area contributed by atoms with E-state index in [4.69, 9.17) is 10.5 Å². The van der Waals surface area contributed by atoms with E-state index < -0.39 is 5.91 Å². The van der Waals surface area contributed by atoms with Gasteiger partial charge in [-0.1, -0.05) is 0 Å². The van der Waals surface area contributed by atoms with Crippen molar-refractivity contribution in [3.63, 3.8) is 0 Å². The molecular weight excluding hydrogens is 344 g/mol. The van der Waals surface area contributed by atoms with Crippen LogP contribution in [-0.4, -0.2) is 18.4 Å². The van der Waals surface area contributed by atoms with Gasteiger partial charge in [0, 0.05) is 11.1 Å². The summed E-state index contributed by atoms with van der Waals surface area (Å²) < 4.78 is 6.02. The fourth-order valence-corrected chi connectivity index (χ4v) is 2.56. The van der Waals surface area contributed by atoms with Gasteiger partial charge in [0.2, 0.25) is 0 Å². The van der Waals surface area contributed by atoms with Gasteiger partial charge in [0.05, 0.1) is 9.35 Å². The monoisotopic (exact) mass is 354 g/mol. The third-order valence-corrected chi connectivity index (χ3v) is 3.83. The minimum atomic E-state index is -0.537. The Morgan fingerprint density at radius 3 is 2.55 bits per heavy atom. The number of ether oxygens (including phenoxy) is 1. The maximum atomic E-state index is 11.9. The molecule has 2 amide bonds. The molecule has 0 bridgehead atoms. The highest BCUT2D eigenvalue weighted by atomic mass is 79.9. The van der Waals surface area contributed by atoms with Gasteiger partial charge in [-0.05, 0) is 46.3 Å². The first-order valence-electron chi connectivity index (χ1n) is 5.61. The lowest BCUT2D eigenvalue weighted by Crippen LogP contribution is -2.20. The van der Waals surface area contributed by atoms with Gasteiger partial charge in [0.1, 0.15) is 5.75 Å². The quantitative estimate of drug-likeness (QED) is 0.865. The molecule has 0 aliphatic rings. The van der Waals surface area contributed by atoms with E-state index in [1.807, 2.05) is 0 Å². The summed E-state index contributed by atoms with van der Waals surface area (Å²) in [7, 11) is 0. The van der Waals surface area contributed by atoms with Crippen molar-refractivity contribution in [3.8, 4) is 5.75 Å². The number of anilines is 1. The molecule has 0 fully saturated rings. The van der Waals surface area contributed by atoms with Crippen molar-refractivity contribution in [1.29, 1.82) is 0 Å². The Labute approximate surface area is 127 Å². The van der Waals surface area contributed by atoms with Gasteiger partial charge in [-0.25, -0.2) is 0 Å². The molecule has 1 aromatic heterocycles. The molecule has 1 heterocycles.